The maximum atomic E-state index is 12.8. The van der Waals surface area contributed by atoms with Crippen LogP contribution in [0.5, 0.6) is 5.75 Å². The Bertz CT molecular complexity index is 876. The second kappa shape index (κ2) is 7.93. The van der Waals surface area contributed by atoms with E-state index in [0.717, 1.165) is 32.1 Å². The number of rotatable bonds is 5. The number of benzene rings is 1. The molecule has 4 atom stereocenters. The number of hydrazine groups is 1. The summed E-state index contributed by atoms with van der Waals surface area (Å²) in [5, 5.41) is 0.355. The lowest BCUT2D eigenvalue weighted by molar-refractivity contribution is -0.171. The highest BCUT2D eigenvalue weighted by molar-refractivity contribution is 6.31. The molecule has 4 saturated carbocycles. The van der Waals surface area contributed by atoms with Crippen LogP contribution >= 0.6 is 23.2 Å². The minimum absolute atomic E-state index is 0.170. The van der Waals surface area contributed by atoms with Crippen LogP contribution < -0.4 is 15.6 Å². The van der Waals surface area contributed by atoms with Crippen molar-refractivity contribution in [3.63, 3.8) is 0 Å². The average molecular weight is 455 g/mol. The van der Waals surface area contributed by atoms with E-state index in [9.17, 15) is 14.4 Å². The number of hydrogen-bond acceptors (Lipinski definition) is 5. The van der Waals surface area contributed by atoms with Crippen molar-refractivity contribution in [1.82, 2.24) is 10.9 Å². The molecule has 9 heteroatoms. The summed E-state index contributed by atoms with van der Waals surface area (Å²) in [6, 6.07) is 4.57. The van der Waals surface area contributed by atoms with Gasteiger partial charge in [-0.3, -0.25) is 25.2 Å². The number of amides is 2. The minimum atomic E-state index is -0.636. The number of carbonyl (C=O) groups excluding carboxylic acids is 3. The zero-order valence-corrected chi connectivity index (χ0v) is 18.1. The summed E-state index contributed by atoms with van der Waals surface area (Å²) >= 11 is 12.7. The highest BCUT2D eigenvalue weighted by Crippen LogP contribution is 2.64. The van der Waals surface area contributed by atoms with Crippen LogP contribution in [-0.2, 0) is 14.3 Å². The topological polar surface area (TPSA) is 93.7 Å². The molecule has 7 nitrogen and oxygen atoms in total. The smallest absolute Gasteiger partial charge is 0.312 e. The first-order valence-electron chi connectivity index (χ1n) is 10.0. The molecule has 2 N–H and O–H groups in total. The first-order valence-corrected chi connectivity index (χ1v) is 10.8. The molecule has 0 radical (unpaired) electrons. The molecule has 4 aliphatic rings. The predicted molar refractivity (Wildman–Crippen MR) is 110 cm³/mol. The Hall–Kier alpha value is -1.99. The lowest BCUT2D eigenvalue weighted by Gasteiger charge is -2.58. The minimum Gasteiger partial charge on any atom is -0.496 e. The Balaban J connectivity index is 1.30. The molecule has 4 bridgehead atoms. The fraction of sp³-hybridized carbons (Fsp3) is 0.571. The summed E-state index contributed by atoms with van der Waals surface area (Å²) in [6.07, 6.45) is 5.22. The van der Waals surface area contributed by atoms with Gasteiger partial charge in [0.05, 0.1) is 18.1 Å². The van der Waals surface area contributed by atoms with Gasteiger partial charge in [0.1, 0.15) is 5.75 Å². The fourth-order valence-electron chi connectivity index (χ4n) is 5.76. The number of nitrogens with one attached hydrogen (secondary N) is 2. The second-order valence-corrected chi connectivity index (χ2v) is 10.1. The van der Waals surface area contributed by atoms with Gasteiger partial charge in [0.25, 0.3) is 11.8 Å². The Morgan fingerprint density at radius 2 is 1.83 bits per heavy atom. The lowest BCUT2D eigenvalue weighted by atomic mass is 9.49. The Kier molecular flexibility index (Phi) is 5.62. The van der Waals surface area contributed by atoms with E-state index in [1.165, 1.54) is 13.2 Å². The zero-order chi connectivity index (χ0) is 21.5. The molecule has 0 heterocycles. The summed E-state index contributed by atoms with van der Waals surface area (Å²) in [5.41, 5.74) is 4.11. The first-order chi connectivity index (χ1) is 14.2. The van der Waals surface area contributed by atoms with Crippen LogP contribution in [-0.4, -0.2) is 36.4 Å². The normalized spacial score (nSPS) is 31.2. The predicted octanol–water partition coefficient (Wildman–Crippen LogP) is 3.23. The third-order valence-corrected chi connectivity index (χ3v) is 7.16. The molecule has 0 spiro atoms. The molecule has 4 aliphatic carbocycles. The van der Waals surface area contributed by atoms with Crippen molar-refractivity contribution in [2.24, 2.45) is 17.3 Å². The van der Waals surface area contributed by atoms with Crippen molar-refractivity contribution in [2.75, 3.05) is 13.7 Å². The van der Waals surface area contributed by atoms with Gasteiger partial charge in [-0.2, -0.15) is 0 Å². The maximum Gasteiger partial charge on any atom is 0.312 e. The molecular weight excluding hydrogens is 431 g/mol. The van der Waals surface area contributed by atoms with Crippen LogP contribution in [0, 0.1) is 17.3 Å². The van der Waals surface area contributed by atoms with Gasteiger partial charge >= 0.3 is 5.97 Å². The third kappa shape index (κ3) is 4.10. The van der Waals surface area contributed by atoms with Crippen molar-refractivity contribution >= 4 is 41.0 Å². The van der Waals surface area contributed by atoms with E-state index in [-0.39, 0.29) is 16.4 Å². The van der Waals surface area contributed by atoms with Crippen LogP contribution in [0.4, 0.5) is 0 Å². The van der Waals surface area contributed by atoms with Gasteiger partial charge in [0, 0.05) is 9.90 Å². The number of carbonyl (C=O) groups is 3. The van der Waals surface area contributed by atoms with Crippen LogP contribution in [0.3, 0.4) is 0 Å². The molecule has 30 heavy (non-hydrogen) atoms. The number of esters is 1. The summed E-state index contributed by atoms with van der Waals surface area (Å²) in [5.74, 6) is -0.370. The second-order valence-electron chi connectivity index (χ2n) is 8.82. The Labute approximate surface area is 184 Å². The van der Waals surface area contributed by atoms with Crippen LogP contribution in [0.1, 0.15) is 48.9 Å². The summed E-state index contributed by atoms with van der Waals surface area (Å²) in [4.78, 5) is 36.9. The number of methoxy groups -OCH3 is 1. The van der Waals surface area contributed by atoms with Gasteiger partial charge in [0.15, 0.2) is 6.61 Å². The van der Waals surface area contributed by atoms with Crippen molar-refractivity contribution in [3.8, 4) is 5.75 Å². The Morgan fingerprint density at radius 1 is 1.13 bits per heavy atom. The third-order valence-electron chi connectivity index (χ3n) is 6.48. The van der Waals surface area contributed by atoms with Crippen molar-refractivity contribution in [3.05, 3.63) is 28.8 Å². The van der Waals surface area contributed by atoms with E-state index in [1.807, 2.05) is 0 Å². The fourth-order valence-corrected chi connectivity index (χ4v) is 6.63. The quantitative estimate of drug-likeness (QED) is 0.404. The number of hydrogen-bond donors (Lipinski definition) is 2. The van der Waals surface area contributed by atoms with Crippen molar-refractivity contribution in [1.29, 1.82) is 0 Å². The molecular formula is C21H24Cl2N2O5. The summed E-state index contributed by atoms with van der Waals surface area (Å²) < 4.78 is 10.4. The van der Waals surface area contributed by atoms with Gasteiger partial charge < -0.3 is 9.47 Å². The zero-order valence-electron chi connectivity index (χ0n) is 16.6. The molecule has 2 amide bonds. The highest BCUT2D eigenvalue weighted by Gasteiger charge is 2.60. The van der Waals surface area contributed by atoms with E-state index in [4.69, 9.17) is 32.7 Å². The first kappa shape index (κ1) is 21.2. The van der Waals surface area contributed by atoms with E-state index >= 15 is 0 Å². The van der Waals surface area contributed by atoms with E-state index in [0.29, 0.717) is 29.0 Å². The molecule has 162 valence electrons. The number of halogens is 2. The molecule has 4 fully saturated rings. The number of alkyl halides is 1. The summed E-state index contributed by atoms with van der Waals surface area (Å²) in [7, 11) is 1.42. The lowest BCUT2D eigenvalue weighted by Crippen LogP contribution is -2.56. The Morgan fingerprint density at radius 3 is 2.47 bits per heavy atom. The monoisotopic (exact) mass is 454 g/mol. The highest BCUT2D eigenvalue weighted by atomic mass is 35.5. The maximum absolute atomic E-state index is 12.8. The SMILES string of the molecule is COc1ccc(Cl)cc1C(=O)NNC(=O)COC(=O)C12C[C@@H]3C[C@@H](CC(Cl)(C3)C1)C2. The molecule has 0 saturated heterocycles. The van der Waals surface area contributed by atoms with Crippen molar-refractivity contribution < 1.29 is 23.9 Å². The molecule has 1 aromatic carbocycles. The largest absolute Gasteiger partial charge is 0.496 e. The number of ether oxygens (including phenoxy) is 2. The van der Waals surface area contributed by atoms with Gasteiger partial charge in [-0.25, -0.2) is 0 Å². The molecule has 2 unspecified atom stereocenters. The molecule has 5 rings (SSSR count). The summed E-state index contributed by atoms with van der Waals surface area (Å²) in [6.45, 7) is -0.474. The van der Waals surface area contributed by atoms with Crippen LogP contribution in [0.2, 0.25) is 5.02 Å². The van der Waals surface area contributed by atoms with Crippen LogP contribution in [0.25, 0.3) is 0 Å². The standard InChI is InChI=1S/C21H24Cl2N2O5/c1-29-16-3-2-14(22)5-15(16)18(27)25-24-17(26)10-30-19(28)20-6-12-4-13(7-20)9-21(23,8-12)11-20/h2-3,5,12-13H,4,6-11H2,1H3,(H,24,26)(H,25,27)/t12-,13+,20?,21?. The van der Waals surface area contributed by atoms with Gasteiger partial charge in [-0.05, 0) is 68.6 Å². The average Bonchev–Trinajstić information content (AvgIpc) is 2.68. The van der Waals surface area contributed by atoms with E-state index < -0.39 is 23.8 Å². The van der Waals surface area contributed by atoms with Crippen molar-refractivity contribution in [2.45, 2.75) is 43.4 Å². The molecule has 0 aliphatic heterocycles. The van der Waals surface area contributed by atoms with E-state index in [1.54, 1.807) is 12.1 Å². The van der Waals surface area contributed by atoms with Crippen LogP contribution in [0.15, 0.2) is 18.2 Å². The molecule has 0 aromatic heterocycles. The van der Waals surface area contributed by atoms with Gasteiger partial charge in [-0.1, -0.05) is 11.6 Å². The van der Waals surface area contributed by atoms with E-state index in [2.05, 4.69) is 10.9 Å². The van der Waals surface area contributed by atoms with Gasteiger partial charge in [-0.15, -0.1) is 11.6 Å². The van der Waals surface area contributed by atoms with Gasteiger partial charge in [0.2, 0.25) is 0 Å². The molecule has 1 aromatic rings.